The fourth-order valence-electron chi connectivity index (χ4n) is 1.13. The number of halogens is 1. The fraction of sp³-hybridized carbons (Fsp3) is 0.857. The van der Waals surface area contributed by atoms with Gasteiger partial charge in [-0.15, -0.1) is 12.4 Å². The molecule has 0 aromatic rings. The van der Waals surface area contributed by atoms with Gasteiger partial charge in [-0.25, -0.2) is 0 Å². The molecule has 0 heterocycles. The first-order chi connectivity index (χ1) is 5.13. The molecule has 0 bridgehead atoms. The van der Waals surface area contributed by atoms with E-state index in [2.05, 4.69) is 11.5 Å². The summed E-state index contributed by atoms with van der Waals surface area (Å²) in [5.41, 5.74) is 14.6. The lowest BCUT2D eigenvalue weighted by Crippen LogP contribution is -2.22. The predicted octanol–water partition coefficient (Wildman–Crippen LogP) is 0.538. The Morgan fingerprint density at radius 2 is 1.42 bits per heavy atom. The molecule has 0 aliphatic heterocycles. The van der Waals surface area contributed by atoms with Crippen molar-refractivity contribution in [2.24, 2.45) is 17.2 Å². The highest BCUT2D eigenvalue weighted by Crippen LogP contribution is 2.14. The van der Waals surface area contributed by atoms with Crippen molar-refractivity contribution in [3.63, 3.8) is 0 Å². The lowest BCUT2D eigenvalue weighted by Gasteiger charge is -2.15. The van der Waals surface area contributed by atoms with Crippen molar-refractivity contribution in [1.82, 2.24) is 0 Å². The molecule has 0 aromatic heterocycles. The van der Waals surface area contributed by atoms with Gasteiger partial charge in [-0.1, -0.05) is 19.3 Å². The first-order valence-electron chi connectivity index (χ1n) is 3.98. The first-order valence-corrected chi connectivity index (χ1v) is 3.98. The van der Waals surface area contributed by atoms with E-state index in [0.717, 1.165) is 0 Å². The van der Waals surface area contributed by atoms with Gasteiger partial charge in [0.15, 0.2) is 5.96 Å². The Morgan fingerprint density at radius 1 is 1.08 bits per heavy atom. The van der Waals surface area contributed by atoms with Crippen LogP contribution < -0.4 is 17.2 Å². The van der Waals surface area contributed by atoms with E-state index in [9.17, 15) is 0 Å². The lowest BCUT2D eigenvalue weighted by molar-refractivity contribution is 0.441. The molecule has 0 atom stereocenters. The predicted molar refractivity (Wildman–Crippen MR) is 54.4 cm³/mol. The fourth-order valence-corrected chi connectivity index (χ4v) is 1.13. The summed E-state index contributed by atoms with van der Waals surface area (Å²) in [4.78, 5) is 0. The molecule has 0 amide bonds. The van der Waals surface area contributed by atoms with Gasteiger partial charge in [0.2, 0.25) is 0 Å². The normalized spacial score (nSPS) is 16.8. The zero-order chi connectivity index (χ0) is 8.69. The van der Waals surface area contributed by atoms with Crippen LogP contribution in [0, 0.1) is 5.41 Å². The van der Waals surface area contributed by atoms with Crippen LogP contribution in [0.3, 0.4) is 0 Å². The van der Waals surface area contributed by atoms with E-state index < -0.39 is 0 Å². The molecular weight excluding hydrogens is 176 g/mol. The lowest BCUT2D eigenvalue weighted by atomic mass is 9.97. The average Bonchev–Trinajstić information content (AvgIpc) is 1.87. The molecule has 74 valence electrons. The topological polar surface area (TPSA) is 102 Å². The molecule has 1 aliphatic carbocycles. The minimum absolute atomic E-state index is 0. The van der Waals surface area contributed by atoms with Gasteiger partial charge in [0.1, 0.15) is 0 Å². The van der Waals surface area contributed by atoms with Crippen LogP contribution in [-0.4, -0.2) is 12.0 Å². The van der Waals surface area contributed by atoms with Crippen LogP contribution in [0.15, 0.2) is 0 Å². The molecule has 12 heavy (non-hydrogen) atoms. The van der Waals surface area contributed by atoms with Crippen molar-refractivity contribution in [2.75, 3.05) is 0 Å². The maximum absolute atomic E-state index is 6.06. The smallest absolute Gasteiger partial charge is 0.183 e. The quantitative estimate of drug-likeness (QED) is 0.334. The third kappa shape index (κ3) is 12.2. The molecule has 1 saturated carbocycles. The van der Waals surface area contributed by atoms with Crippen LogP contribution in [0.2, 0.25) is 0 Å². The monoisotopic (exact) mass is 194 g/mol. The Labute approximate surface area is 79.8 Å². The largest absolute Gasteiger partial charge is 0.370 e. The summed E-state index contributed by atoms with van der Waals surface area (Å²) in [7, 11) is 0. The molecule has 1 aliphatic rings. The third-order valence-corrected chi connectivity index (χ3v) is 1.65. The summed E-state index contributed by atoms with van der Waals surface area (Å²) in [6, 6.07) is 0.536. The number of guanidine groups is 1. The van der Waals surface area contributed by atoms with Gasteiger partial charge in [0.25, 0.3) is 0 Å². The molecule has 0 unspecified atom stereocenters. The van der Waals surface area contributed by atoms with E-state index in [4.69, 9.17) is 11.1 Å². The van der Waals surface area contributed by atoms with E-state index >= 15 is 0 Å². The molecule has 0 aromatic carbocycles. The van der Waals surface area contributed by atoms with E-state index in [0.29, 0.717) is 6.04 Å². The van der Waals surface area contributed by atoms with Gasteiger partial charge in [0.05, 0.1) is 0 Å². The maximum atomic E-state index is 6.06. The van der Waals surface area contributed by atoms with Crippen LogP contribution in [0.5, 0.6) is 0 Å². The standard InChI is InChI=1S/C6H13N.CH5N3.ClH/c7-6-4-2-1-3-5-6;2-1(3)4;/h6H,1-5,7H2;(H5,2,3,4);1H. The molecule has 0 radical (unpaired) electrons. The zero-order valence-electron chi connectivity index (χ0n) is 7.25. The Bertz CT molecular complexity index is 108. The molecule has 1 fully saturated rings. The Kier molecular flexibility index (Phi) is 10.1. The van der Waals surface area contributed by atoms with Crippen LogP contribution in [-0.2, 0) is 0 Å². The zero-order valence-corrected chi connectivity index (χ0v) is 8.07. The Hall–Kier alpha value is -0.480. The summed E-state index contributed by atoms with van der Waals surface area (Å²) in [5.74, 6) is -0.333. The van der Waals surface area contributed by atoms with E-state index in [-0.39, 0.29) is 18.4 Å². The minimum Gasteiger partial charge on any atom is -0.370 e. The van der Waals surface area contributed by atoms with E-state index in [1.807, 2.05) is 0 Å². The molecule has 5 heteroatoms. The van der Waals surface area contributed by atoms with Gasteiger partial charge in [-0.2, -0.15) is 0 Å². The number of rotatable bonds is 0. The van der Waals surface area contributed by atoms with Gasteiger partial charge in [-0.3, -0.25) is 5.41 Å². The van der Waals surface area contributed by atoms with Crippen molar-refractivity contribution in [3.05, 3.63) is 0 Å². The molecule has 4 nitrogen and oxygen atoms in total. The van der Waals surface area contributed by atoms with Crippen molar-refractivity contribution in [2.45, 2.75) is 38.1 Å². The summed E-state index contributed by atoms with van der Waals surface area (Å²) < 4.78 is 0. The second-order valence-electron chi connectivity index (χ2n) is 2.85. The van der Waals surface area contributed by atoms with Crippen molar-refractivity contribution >= 4 is 18.4 Å². The molecule has 0 saturated heterocycles. The maximum Gasteiger partial charge on any atom is 0.183 e. The highest BCUT2D eigenvalue weighted by molar-refractivity contribution is 5.85. The minimum atomic E-state index is -0.333. The second kappa shape index (κ2) is 8.62. The van der Waals surface area contributed by atoms with Gasteiger partial charge in [0, 0.05) is 6.04 Å². The second-order valence-corrected chi connectivity index (χ2v) is 2.85. The van der Waals surface area contributed by atoms with Crippen LogP contribution >= 0.6 is 12.4 Å². The number of nitrogens with one attached hydrogen (secondary N) is 1. The summed E-state index contributed by atoms with van der Waals surface area (Å²) in [6.07, 6.45) is 6.66. The van der Waals surface area contributed by atoms with Gasteiger partial charge in [-0.05, 0) is 12.8 Å². The Morgan fingerprint density at radius 3 is 1.58 bits per heavy atom. The van der Waals surface area contributed by atoms with Crippen molar-refractivity contribution in [1.29, 1.82) is 5.41 Å². The first kappa shape index (κ1) is 14.1. The number of nitrogens with two attached hydrogens (primary N) is 3. The highest BCUT2D eigenvalue weighted by atomic mass is 35.5. The van der Waals surface area contributed by atoms with E-state index in [1.165, 1.54) is 32.1 Å². The van der Waals surface area contributed by atoms with Crippen LogP contribution in [0.1, 0.15) is 32.1 Å². The Balaban J connectivity index is 0. The van der Waals surface area contributed by atoms with Crippen molar-refractivity contribution in [3.8, 4) is 0 Å². The summed E-state index contributed by atoms with van der Waals surface area (Å²) >= 11 is 0. The van der Waals surface area contributed by atoms with Gasteiger partial charge >= 0.3 is 0 Å². The number of hydrogen-bond donors (Lipinski definition) is 4. The van der Waals surface area contributed by atoms with E-state index in [1.54, 1.807) is 0 Å². The number of hydrogen-bond acceptors (Lipinski definition) is 2. The molecule has 0 spiro atoms. The van der Waals surface area contributed by atoms with Crippen molar-refractivity contribution < 1.29 is 0 Å². The molecule has 1 rings (SSSR count). The summed E-state index contributed by atoms with van der Waals surface area (Å²) in [5, 5.41) is 6.06. The molecular formula is C7H19ClN4. The average molecular weight is 195 g/mol. The highest BCUT2D eigenvalue weighted by Gasteiger charge is 2.06. The third-order valence-electron chi connectivity index (χ3n) is 1.65. The van der Waals surface area contributed by atoms with Crippen LogP contribution in [0.25, 0.3) is 0 Å². The van der Waals surface area contributed by atoms with Gasteiger partial charge < -0.3 is 17.2 Å². The van der Waals surface area contributed by atoms with Crippen LogP contribution in [0.4, 0.5) is 0 Å². The summed E-state index contributed by atoms with van der Waals surface area (Å²) in [6.45, 7) is 0. The molecule has 7 N–H and O–H groups in total. The SMILES string of the molecule is Cl.N=C(N)N.NC1CCCCC1.